The molecule has 150 valence electrons. The van der Waals surface area contributed by atoms with Crippen molar-refractivity contribution in [3.63, 3.8) is 0 Å². The quantitative estimate of drug-likeness (QED) is 0.748. The molecule has 3 heterocycles. The Bertz CT molecular complexity index is 906. The number of aromatic nitrogens is 4. The summed E-state index contributed by atoms with van der Waals surface area (Å²) in [5.74, 6) is 1.22. The average Bonchev–Trinajstić information content (AvgIpc) is 3.06. The van der Waals surface area contributed by atoms with Gasteiger partial charge in [0, 0.05) is 30.9 Å². The molecular formula is C15H21F3N6O2S. The first-order valence-electron chi connectivity index (χ1n) is 8.56. The third kappa shape index (κ3) is 4.49. The normalized spacial score (nSPS) is 17.2. The van der Waals surface area contributed by atoms with Crippen LogP contribution < -0.4 is 4.90 Å². The van der Waals surface area contributed by atoms with E-state index in [1.54, 1.807) is 4.52 Å². The van der Waals surface area contributed by atoms with E-state index in [2.05, 4.69) is 15.1 Å². The Labute approximate surface area is 155 Å². The summed E-state index contributed by atoms with van der Waals surface area (Å²) in [5, 5.41) is 4.16. The fourth-order valence-electron chi connectivity index (χ4n) is 3.33. The first-order chi connectivity index (χ1) is 12.6. The van der Waals surface area contributed by atoms with Crippen LogP contribution in [0.4, 0.5) is 19.0 Å². The minimum Gasteiger partial charge on any atom is -0.356 e. The summed E-state index contributed by atoms with van der Waals surface area (Å²) in [5.41, 5.74) is 0.836. The lowest BCUT2D eigenvalue weighted by molar-refractivity contribution is -0.139. The second-order valence-electron chi connectivity index (χ2n) is 6.57. The minimum absolute atomic E-state index is 0.295. The highest BCUT2D eigenvalue weighted by Crippen LogP contribution is 2.27. The van der Waals surface area contributed by atoms with Gasteiger partial charge >= 0.3 is 6.18 Å². The zero-order valence-electron chi connectivity index (χ0n) is 15.0. The predicted molar refractivity (Wildman–Crippen MR) is 93.0 cm³/mol. The van der Waals surface area contributed by atoms with Gasteiger partial charge in [-0.3, -0.25) is 0 Å². The number of fused-ring (bicyclic) bond motifs is 1. The monoisotopic (exact) mass is 406 g/mol. The molecule has 1 aliphatic heterocycles. The summed E-state index contributed by atoms with van der Waals surface area (Å²) in [4.78, 5) is 10.5. The van der Waals surface area contributed by atoms with Gasteiger partial charge in [0.05, 0.1) is 6.26 Å². The van der Waals surface area contributed by atoms with Crippen LogP contribution in [0.15, 0.2) is 12.4 Å². The number of hydrogen-bond donors (Lipinski definition) is 0. The molecule has 0 bridgehead atoms. The van der Waals surface area contributed by atoms with Crippen molar-refractivity contribution in [3.05, 3.63) is 18.1 Å². The molecule has 0 atom stereocenters. The van der Waals surface area contributed by atoms with E-state index in [4.69, 9.17) is 0 Å². The van der Waals surface area contributed by atoms with Gasteiger partial charge in [-0.05, 0) is 19.3 Å². The van der Waals surface area contributed by atoms with Crippen LogP contribution in [0, 0.1) is 0 Å². The Morgan fingerprint density at radius 1 is 1.30 bits per heavy atom. The van der Waals surface area contributed by atoms with Crippen molar-refractivity contribution in [1.29, 1.82) is 0 Å². The number of anilines is 1. The third-order valence-electron chi connectivity index (χ3n) is 4.61. The summed E-state index contributed by atoms with van der Waals surface area (Å²) < 4.78 is 64.3. The van der Waals surface area contributed by atoms with Gasteiger partial charge in [0.1, 0.15) is 18.7 Å². The summed E-state index contributed by atoms with van der Waals surface area (Å²) >= 11 is 0. The van der Waals surface area contributed by atoms with Crippen LogP contribution in [-0.4, -0.2) is 70.4 Å². The predicted octanol–water partition coefficient (Wildman–Crippen LogP) is 1.48. The number of nitrogens with zero attached hydrogens (tertiary/aromatic N) is 6. The highest BCUT2D eigenvalue weighted by Gasteiger charge is 2.39. The molecule has 0 radical (unpaired) electrons. The molecule has 8 nitrogen and oxygen atoms in total. The lowest BCUT2D eigenvalue weighted by Crippen LogP contribution is -2.50. The number of rotatable bonds is 5. The summed E-state index contributed by atoms with van der Waals surface area (Å²) in [7, 11) is -3.96. The molecule has 1 fully saturated rings. The lowest BCUT2D eigenvalue weighted by Gasteiger charge is -2.38. The highest BCUT2D eigenvalue weighted by atomic mass is 32.2. The Hall–Kier alpha value is -1.95. The molecule has 0 spiro atoms. The molecule has 1 saturated heterocycles. The molecule has 0 amide bonds. The van der Waals surface area contributed by atoms with Gasteiger partial charge in [-0.15, -0.1) is 0 Å². The molecule has 3 rings (SSSR count). The van der Waals surface area contributed by atoms with E-state index in [9.17, 15) is 21.6 Å². The van der Waals surface area contributed by atoms with Gasteiger partial charge in [0.25, 0.3) is 5.78 Å². The Morgan fingerprint density at radius 3 is 2.52 bits per heavy atom. The lowest BCUT2D eigenvalue weighted by atomic mass is 10.0. The number of halogens is 3. The zero-order chi connectivity index (χ0) is 19.8. The average molecular weight is 406 g/mol. The van der Waals surface area contributed by atoms with E-state index in [0.717, 1.165) is 17.8 Å². The van der Waals surface area contributed by atoms with Gasteiger partial charge in [-0.1, -0.05) is 6.92 Å². The molecule has 12 heteroatoms. The van der Waals surface area contributed by atoms with Crippen LogP contribution in [0.3, 0.4) is 0 Å². The fourth-order valence-corrected chi connectivity index (χ4v) is 4.46. The third-order valence-corrected chi connectivity index (χ3v) is 5.88. The number of aryl methyl sites for hydroxylation is 1. The topological polar surface area (TPSA) is 83.7 Å². The van der Waals surface area contributed by atoms with Crippen molar-refractivity contribution in [2.45, 2.75) is 38.4 Å². The molecule has 27 heavy (non-hydrogen) atoms. The Kier molecular flexibility index (Phi) is 5.30. The molecule has 0 unspecified atom stereocenters. The molecule has 1 aliphatic rings. The van der Waals surface area contributed by atoms with Crippen molar-refractivity contribution < 1.29 is 21.6 Å². The highest BCUT2D eigenvalue weighted by molar-refractivity contribution is 7.88. The van der Waals surface area contributed by atoms with Gasteiger partial charge in [0.2, 0.25) is 10.0 Å². The minimum atomic E-state index is -4.58. The van der Waals surface area contributed by atoms with Crippen LogP contribution in [0.25, 0.3) is 5.78 Å². The zero-order valence-corrected chi connectivity index (χ0v) is 15.8. The molecule has 0 N–H and O–H groups in total. The Balaban J connectivity index is 1.80. The van der Waals surface area contributed by atoms with E-state index in [1.165, 1.54) is 6.33 Å². The van der Waals surface area contributed by atoms with E-state index in [-0.39, 0.29) is 0 Å². The first kappa shape index (κ1) is 19.8. The van der Waals surface area contributed by atoms with Crippen molar-refractivity contribution in [1.82, 2.24) is 23.9 Å². The molecular weight excluding hydrogens is 385 g/mol. The van der Waals surface area contributed by atoms with Crippen LogP contribution in [0.5, 0.6) is 0 Å². The second-order valence-corrected chi connectivity index (χ2v) is 8.51. The molecule has 0 aliphatic carbocycles. The molecule has 2 aromatic rings. The van der Waals surface area contributed by atoms with E-state index in [0.29, 0.717) is 42.4 Å². The maximum atomic E-state index is 12.8. The summed E-state index contributed by atoms with van der Waals surface area (Å²) in [6.07, 6.45) is -1.06. The number of sulfonamides is 1. The second kappa shape index (κ2) is 7.23. The van der Waals surface area contributed by atoms with E-state index in [1.807, 2.05) is 17.9 Å². The van der Waals surface area contributed by atoms with Crippen molar-refractivity contribution in [2.24, 2.45) is 0 Å². The van der Waals surface area contributed by atoms with E-state index >= 15 is 0 Å². The van der Waals surface area contributed by atoms with Gasteiger partial charge in [0.15, 0.2) is 0 Å². The number of hydrogen-bond acceptors (Lipinski definition) is 6. The van der Waals surface area contributed by atoms with Crippen LogP contribution in [0.2, 0.25) is 0 Å². The van der Waals surface area contributed by atoms with Gasteiger partial charge < -0.3 is 4.90 Å². The van der Waals surface area contributed by atoms with Crippen molar-refractivity contribution >= 4 is 21.6 Å². The van der Waals surface area contributed by atoms with E-state index < -0.39 is 28.8 Å². The van der Waals surface area contributed by atoms with Crippen LogP contribution in [-0.2, 0) is 16.4 Å². The SMILES string of the molecule is CCc1cc(N2CCC(N(CC(F)(F)F)S(C)(=O)=O)CC2)n2ncnc2n1. The molecule has 0 aromatic carbocycles. The van der Waals surface area contributed by atoms with Crippen LogP contribution in [0.1, 0.15) is 25.5 Å². The van der Waals surface area contributed by atoms with Gasteiger partial charge in [-0.25, -0.2) is 13.4 Å². The van der Waals surface area contributed by atoms with Crippen molar-refractivity contribution in [2.75, 3.05) is 30.8 Å². The van der Waals surface area contributed by atoms with Gasteiger partial charge in [-0.2, -0.15) is 32.1 Å². The summed E-state index contributed by atoms with van der Waals surface area (Å²) in [6.45, 7) is 1.33. The smallest absolute Gasteiger partial charge is 0.356 e. The largest absolute Gasteiger partial charge is 0.402 e. The maximum Gasteiger partial charge on any atom is 0.402 e. The Morgan fingerprint density at radius 2 is 1.96 bits per heavy atom. The van der Waals surface area contributed by atoms with Crippen molar-refractivity contribution in [3.8, 4) is 0 Å². The standard InChI is InChI=1S/C15H21F3N6O2S/c1-3-11-8-13(24-14(21-11)19-10-20-24)22-6-4-12(5-7-22)23(27(2,25)26)9-15(16,17)18/h8,10,12H,3-7,9H2,1-2H3. The summed E-state index contributed by atoms with van der Waals surface area (Å²) in [6, 6.07) is 1.20. The number of piperidine rings is 1. The maximum absolute atomic E-state index is 12.8. The first-order valence-corrected chi connectivity index (χ1v) is 10.4. The molecule has 2 aromatic heterocycles. The van der Waals surface area contributed by atoms with Crippen LogP contribution >= 0.6 is 0 Å². The fraction of sp³-hybridized carbons (Fsp3) is 0.667. The number of alkyl halides is 3. The molecule has 0 saturated carbocycles.